The van der Waals surface area contributed by atoms with Crippen molar-refractivity contribution in [3.8, 4) is 0 Å². The van der Waals surface area contributed by atoms with Crippen molar-refractivity contribution in [2.24, 2.45) is 0 Å². The fourth-order valence-electron chi connectivity index (χ4n) is 0.959. The maximum absolute atomic E-state index is 10.5. The van der Waals surface area contributed by atoms with E-state index in [4.69, 9.17) is 0 Å². The second-order valence-electron chi connectivity index (χ2n) is 2.63. The van der Waals surface area contributed by atoms with E-state index in [-0.39, 0.29) is 51.4 Å². The Kier molecular flexibility index (Phi) is 4.46. The largest absolute Gasteiger partial charge is 1.00 e. The molecule has 58 valence electrons. The van der Waals surface area contributed by atoms with E-state index in [0.29, 0.717) is 19.3 Å². The minimum atomic E-state index is -4.07. The third-order valence-corrected chi connectivity index (χ3v) is 3.49. The molecule has 0 bridgehead atoms. The topological polar surface area (TPSA) is 57.2 Å². The van der Waals surface area contributed by atoms with Crippen molar-refractivity contribution in [1.29, 1.82) is 0 Å². The van der Waals surface area contributed by atoms with Crippen molar-refractivity contribution in [2.75, 3.05) is 0 Å². The molecule has 0 amide bonds. The molecule has 0 N–H and O–H groups in total. The standard InChI is InChI=1S/C6H10O3S.K/c1-2-3-6(4-5-6)10(7,8)9;/h2H,1,3-5H2,(H,7,8,9);/q;+1/p-1. The van der Waals surface area contributed by atoms with Crippen LogP contribution in [0.15, 0.2) is 12.7 Å². The van der Waals surface area contributed by atoms with Gasteiger partial charge in [-0.3, -0.25) is 0 Å². The van der Waals surface area contributed by atoms with Gasteiger partial charge in [-0.1, -0.05) is 6.08 Å². The Bertz CT molecular complexity index is 241. The summed E-state index contributed by atoms with van der Waals surface area (Å²) in [6.07, 6.45) is 2.80. The van der Waals surface area contributed by atoms with Gasteiger partial charge in [0.15, 0.2) is 0 Å². The van der Waals surface area contributed by atoms with E-state index >= 15 is 0 Å². The summed E-state index contributed by atoms with van der Waals surface area (Å²) in [4.78, 5) is 0. The Morgan fingerprint density at radius 3 is 2.09 bits per heavy atom. The van der Waals surface area contributed by atoms with Crippen molar-refractivity contribution in [1.82, 2.24) is 0 Å². The first-order chi connectivity index (χ1) is 4.52. The van der Waals surface area contributed by atoms with Crippen LogP contribution in [0.1, 0.15) is 19.3 Å². The predicted molar refractivity (Wildman–Crippen MR) is 36.5 cm³/mol. The molecule has 0 spiro atoms. The molecule has 0 aromatic carbocycles. The summed E-state index contributed by atoms with van der Waals surface area (Å²) in [6.45, 7) is 3.40. The third kappa shape index (κ3) is 2.62. The summed E-state index contributed by atoms with van der Waals surface area (Å²) >= 11 is 0. The summed E-state index contributed by atoms with van der Waals surface area (Å²) in [5, 5.41) is 0. The molecule has 1 aliphatic carbocycles. The molecule has 0 aliphatic heterocycles. The molecular formula is C6H9KO3S. The molecule has 5 heteroatoms. The van der Waals surface area contributed by atoms with Crippen molar-refractivity contribution in [3.05, 3.63) is 12.7 Å². The van der Waals surface area contributed by atoms with Crippen molar-refractivity contribution in [2.45, 2.75) is 24.0 Å². The van der Waals surface area contributed by atoms with E-state index in [1.807, 2.05) is 0 Å². The molecule has 1 aliphatic rings. The van der Waals surface area contributed by atoms with E-state index in [0.717, 1.165) is 0 Å². The van der Waals surface area contributed by atoms with Gasteiger partial charge >= 0.3 is 51.4 Å². The first-order valence-electron chi connectivity index (χ1n) is 3.08. The first-order valence-corrected chi connectivity index (χ1v) is 4.49. The van der Waals surface area contributed by atoms with E-state index in [1.165, 1.54) is 6.08 Å². The van der Waals surface area contributed by atoms with Gasteiger partial charge in [-0.15, -0.1) is 6.58 Å². The Morgan fingerprint density at radius 1 is 1.55 bits per heavy atom. The average Bonchev–Trinajstić information content (AvgIpc) is 2.45. The van der Waals surface area contributed by atoms with Crippen molar-refractivity contribution in [3.63, 3.8) is 0 Å². The number of allylic oxidation sites excluding steroid dienone is 1. The second-order valence-corrected chi connectivity index (χ2v) is 4.40. The molecule has 1 fully saturated rings. The number of hydrogen-bond donors (Lipinski definition) is 0. The Morgan fingerprint density at radius 2 is 2.00 bits per heavy atom. The Balaban J connectivity index is 0.000001000. The second kappa shape index (κ2) is 4.00. The van der Waals surface area contributed by atoms with Crippen LogP contribution >= 0.6 is 0 Å². The van der Waals surface area contributed by atoms with Gasteiger partial charge in [-0.2, -0.15) is 0 Å². The summed E-state index contributed by atoms with van der Waals surface area (Å²) in [5.41, 5.74) is 0. The van der Waals surface area contributed by atoms with Crippen LogP contribution in [0.25, 0.3) is 0 Å². The van der Waals surface area contributed by atoms with Crippen LogP contribution in [0.5, 0.6) is 0 Å². The van der Waals surface area contributed by atoms with Crippen LogP contribution < -0.4 is 51.4 Å². The van der Waals surface area contributed by atoms with Gasteiger partial charge in [0.2, 0.25) is 0 Å². The zero-order valence-corrected chi connectivity index (χ0v) is 10.5. The predicted octanol–water partition coefficient (Wildman–Crippen LogP) is -2.36. The fraction of sp³-hybridized carbons (Fsp3) is 0.667. The minimum absolute atomic E-state index is 0. The van der Waals surface area contributed by atoms with Crippen LogP contribution in [0.2, 0.25) is 0 Å². The van der Waals surface area contributed by atoms with Crippen LogP contribution in [0.4, 0.5) is 0 Å². The molecule has 0 radical (unpaired) electrons. The van der Waals surface area contributed by atoms with Crippen LogP contribution in [-0.2, 0) is 10.1 Å². The smallest absolute Gasteiger partial charge is 0.748 e. The summed E-state index contributed by atoms with van der Waals surface area (Å²) < 4.78 is 30.5. The average molecular weight is 200 g/mol. The Hall–Kier alpha value is 1.29. The number of hydrogen-bond acceptors (Lipinski definition) is 3. The third-order valence-electron chi connectivity index (χ3n) is 1.85. The molecular weight excluding hydrogens is 191 g/mol. The monoisotopic (exact) mass is 200 g/mol. The van der Waals surface area contributed by atoms with E-state index in [2.05, 4.69) is 6.58 Å². The summed E-state index contributed by atoms with van der Waals surface area (Å²) in [5.74, 6) is 0. The van der Waals surface area contributed by atoms with Gasteiger partial charge in [0.05, 0.1) is 4.75 Å². The minimum Gasteiger partial charge on any atom is -0.748 e. The van der Waals surface area contributed by atoms with E-state index < -0.39 is 14.9 Å². The van der Waals surface area contributed by atoms with E-state index in [1.54, 1.807) is 0 Å². The molecule has 0 aromatic heterocycles. The van der Waals surface area contributed by atoms with Gasteiger partial charge in [0, 0.05) is 0 Å². The molecule has 0 heterocycles. The number of rotatable bonds is 3. The first kappa shape index (κ1) is 12.3. The molecule has 1 saturated carbocycles. The van der Waals surface area contributed by atoms with Crippen LogP contribution in [0.3, 0.4) is 0 Å². The maximum atomic E-state index is 10.5. The van der Waals surface area contributed by atoms with Gasteiger partial charge in [0.25, 0.3) is 0 Å². The quantitative estimate of drug-likeness (QED) is 0.291. The van der Waals surface area contributed by atoms with Gasteiger partial charge in [-0.25, -0.2) is 8.42 Å². The SMILES string of the molecule is C=CCC1(S(=O)(=O)[O-])CC1.[K+]. The molecule has 0 saturated heterocycles. The zero-order chi connectivity index (χ0) is 7.83. The van der Waals surface area contributed by atoms with Crippen LogP contribution in [-0.4, -0.2) is 17.7 Å². The van der Waals surface area contributed by atoms with E-state index in [9.17, 15) is 13.0 Å². The summed E-state index contributed by atoms with van der Waals surface area (Å²) in [7, 11) is -4.07. The molecule has 3 nitrogen and oxygen atoms in total. The zero-order valence-electron chi connectivity index (χ0n) is 6.54. The molecule has 0 aromatic rings. The van der Waals surface area contributed by atoms with Crippen molar-refractivity contribution < 1.29 is 64.4 Å². The summed E-state index contributed by atoms with van der Waals surface area (Å²) in [6, 6.07) is 0. The molecule has 0 atom stereocenters. The van der Waals surface area contributed by atoms with Crippen LogP contribution in [0, 0.1) is 0 Å². The Labute approximate surface area is 109 Å². The van der Waals surface area contributed by atoms with Gasteiger partial charge in [0.1, 0.15) is 10.1 Å². The maximum Gasteiger partial charge on any atom is 1.00 e. The molecule has 0 unspecified atom stereocenters. The van der Waals surface area contributed by atoms with Crippen molar-refractivity contribution >= 4 is 10.1 Å². The molecule has 1 rings (SSSR count). The normalized spacial score (nSPS) is 20.1. The fourth-order valence-corrected chi connectivity index (χ4v) is 1.88. The molecule has 11 heavy (non-hydrogen) atoms. The van der Waals surface area contributed by atoms with Gasteiger partial charge < -0.3 is 4.55 Å². The van der Waals surface area contributed by atoms with Gasteiger partial charge in [-0.05, 0) is 19.3 Å².